The van der Waals surface area contributed by atoms with Crippen molar-refractivity contribution >= 4 is 40.0 Å². The van der Waals surface area contributed by atoms with Gasteiger partial charge in [0.25, 0.3) is 11.4 Å². The molecule has 1 aliphatic heterocycles. The van der Waals surface area contributed by atoms with E-state index in [4.69, 9.17) is 5.11 Å². The van der Waals surface area contributed by atoms with E-state index in [1.54, 1.807) is 6.07 Å². The van der Waals surface area contributed by atoms with Gasteiger partial charge in [0.1, 0.15) is 0 Å². The van der Waals surface area contributed by atoms with E-state index in [0.717, 1.165) is 23.7 Å². The number of hydrogen-bond acceptors (Lipinski definition) is 6. The zero-order chi connectivity index (χ0) is 18.8. The Labute approximate surface area is 164 Å². The number of nitrogens with zero attached hydrogens (tertiary/aromatic N) is 3. The molecule has 10 heteroatoms. The molecule has 0 amide bonds. The van der Waals surface area contributed by atoms with Crippen LogP contribution in [-0.2, 0) is 24.2 Å². The Balaban J connectivity index is 0.00000261. The van der Waals surface area contributed by atoms with Gasteiger partial charge in [-0.25, -0.2) is 0 Å². The third-order valence-corrected chi connectivity index (χ3v) is 4.25. The van der Waals surface area contributed by atoms with Gasteiger partial charge >= 0.3 is 5.97 Å². The molecule has 0 aliphatic carbocycles. The maximum Gasteiger partial charge on any atom is 0.307 e. The van der Waals surface area contributed by atoms with Gasteiger partial charge in [-0.3, -0.25) is 25.0 Å². The second-order valence-electron chi connectivity index (χ2n) is 6.08. The summed E-state index contributed by atoms with van der Waals surface area (Å²) in [5.74, 6) is -0.899. The van der Waals surface area contributed by atoms with Crippen molar-refractivity contribution in [3.8, 4) is 0 Å². The molecule has 9 nitrogen and oxygen atoms in total. The second-order valence-corrected chi connectivity index (χ2v) is 6.08. The zero-order valence-electron chi connectivity index (χ0n) is 14.0. The summed E-state index contributed by atoms with van der Waals surface area (Å²) in [5.41, 5.74) is 2.48. The SMILES string of the molecule is Br.O=C(O)Cc1ccc2c(c1)CCN2Cc1cc([N+](=O)[O-])cc([N+](=O)[O-])c1. The lowest BCUT2D eigenvalue weighted by Gasteiger charge is -2.19. The number of fused-ring (bicyclic) bond motifs is 1. The van der Waals surface area contributed by atoms with Crippen molar-refractivity contribution in [2.45, 2.75) is 19.4 Å². The van der Waals surface area contributed by atoms with Crippen molar-refractivity contribution in [1.82, 2.24) is 0 Å². The molecule has 1 heterocycles. The van der Waals surface area contributed by atoms with E-state index in [1.165, 1.54) is 12.1 Å². The molecule has 1 aliphatic rings. The molecule has 1 N–H and O–H groups in total. The molecule has 0 spiro atoms. The Kier molecular flexibility index (Phi) is 6.11. The van der Waals surface area contributed by atoms with Gasteiger partial charge in [0.15, 0.2) is 0 Å². The molecule has 0 saturated carbocycles. The van der Waals surface area contributed by atoms with Crippen LogP contribution in [0.25, 0.3) is 0 Å². The van der Waals surface area contributed by atoms with E-state index in [0.29, 0.717) is 24.2 Å². The Morgan fingerprint density at radius 1 is 1.04 bits per heavy atom. The first-order valence-electron chi connectivity index (χ1n) is 7.85. The topological polar surface area (TPSA) is 127 Å². The summed E-state index contributed by atoms with van der Waals surface area (Å²) in [6.07, 6.45) is 0.671. The number of anilines is 1. The molecule has 0 saturated heterocycles. The molecule has 3 rings (SSSR count). The van der Waals surface area contributed by atoms with E-state index in [2.05, 4.69) is 0 Å². The van der Waals surface area contributed by atoms with Crippen molar-refractivity contribution in [1.29, 1.82) is 0 Å². The first-order valence-corrected chi connectivity index (χ1v) is 7.85. The summed E-state index contributed by atoms with van der Waals surface area (Å²) in [7, 11) is 0. The number of carboxylic acid groups (broad SMARTS) is 1. The number of carbonyl (C=O) groups is 1. The fourth-order valence-electron chi connectivity index (χ4n) is 3.15. The van der Waals surface area contributed by atoms with Crippen LogP contribution in [0.5, 0.6) is 0 Å². The molecule has 0 bridgehead atoms. The van der Waals surface area contributed by atoms with Crippen LogP contribution < -0.4 is 4.90 Å². The normalized spacial score (nSPS) is 12.2. The minimum absolute atomic E-state index is 0. The first kappa shape index (κ1) is 20.3. The highest BCUT2D eigenvalue weighted by atomic mass is 79.9. The maximum absolute atomic E-state index is 11.0. The van der Waals surface area contributed by atoms with Crippen LogP contribution in [0.1, 0.15) is 16.7 Å². The number of hydrogen-bond donors (Lipinski definition) is 1. The average molecular weight is 438 g/mol. The number of halogens is 1. The van der Waals surface area contributed by atoms with Crippen LogP contribution in [0.15, 0.2) is 36.4 Å². The smallest absolute Gasteiger partial charge is 0.307 e. The summed E-state index contributed by atoms with van der Waals surface area (Å²) in [6.45, 7) is 0.955. The average Bonchev–Trinajstić information content (AvgIpc) is 2.96. The molecule has 0 unspecified atom stereocenters. The van der Waals surface area contributed by atoms with Crippen LogP contribution in [0.2, 0.25) is 0 Å². The van der Waals surface area contributed by atoms with Gasteiger partial charge in [-0.1, -0.05) is 12.1 Å². The van der Waals surface area contributed by atoms with Crippen molar-refractivity contribution < 1.29 is 19.7 Å². The van der Waals surface area contributed by atoms with Crippen LogP contribution >= 0.6 is 17.0 Å². The highest BCUT2D eigenvalue weighted by Gasteiger charge is 2.22. The highest BCUT2D eigenvalue weighted by molar-refractivity contribution is 8.93. The second kappa shape index (κ2) is 8.12. The van der Waals surface area contributed by atoms with Crippen molar-refractivity contribution in [3.05, 3.63) is 73.3 Å². The third-order valence-electron chi connectivity index (χ3n) is 4.25. The van der Waals surface area contributed by atoms with E-state index < -0.39 is 15.8 Å². The Bertz CT molecular complexity index is 885. The first-order chi connectivity index (χ1) is 12.3. The van der Waals surface area contributed by atoms with Crippen LogP contribution in [0.3, 0.4) is 0 Å². The monoisotopic (exact) mass is 437 g/mol. The number of benzene rings is 2. The van der Waals surface area contributed by atoms with E-state index in [1.807, 2.05) is 17.0 Å². The molecule has 142 valence electrons. The number of carboxylic acids is 1. The Morgan fingerprint density at radius 2 is 1.67 bits per heavy atom. The fraction of sp³-hybridized carbons (Fsp3) is 0.235. The molecular weight excluding hydrogens is 422 g/mol. The third kappa shape index (κ3) is 4.59. The Morgan fingerprint density at radius 3 is 2.22 bits per heavy atom. The van der Waals surface area contributed by atoms with Crippen molar-refractivity contribution in [2.24, 2.45) is 0 Å². The quantitative estimate of drug-likeness (QED) is 0.542. The van der Waals surface area contributed by atoms with Gasteiger partial charge in [0.05, 0.1) is 22.3 Å². The summed E-state index contributed by atoms with van der Waals surface area (Å²) >= 11 is 0. The molecule has 0 atom stereocenters. The van der Waals surface area contributed by atoms with Gasteiger partial charge in [-0.15, -0.1) is 17.0 Å². The predicted octanol–water partition coefficient (Wildman–Crippen LogP) is 3.27. The number of nitro groups is 2. The van der Waals surface area contributed by atoms with Gasteiger partial charge in [0, 0.05) is 30.9 Å². The van der Waals surface area contributed by atoms with Crippen molar-refractivity contribution in [2.75, 3.05) is 11.4 Å². The standard InChI is InChI=1S/C17H15N3O6.BrH/c21-17(22)8-11-1-2-16-13(5-11)3-4-18(16)10-12-6-14(19(23)24)9-15(7-12)20(25)26;/h1-2,5-7,9H,3-4,8,10H2,(H,21,22);1H. The molecule has 0 aromatic heterocycles. The predicted molar refractivity (Wildman–Crippen MR) is 103 cm³/mol. The fourth-order valence-corrected chi connectivity index (χ4v) is 3.15. The van der Waals surface area contributed by atoms with Crippen LogP contribution in [0.4, 0.5) is 17.1 Å². The summed E-state index contributed by atoms with van der Waals surface area (Å²) in [6, 6.07) is 9.03. The van der Waals surface area contributed by atoms with Crippen LogP contribution in [0, 0.1) is 20.2 Å². The lowest BCUT2D eigenvalue weighted by Crippen LogP contribution is -2.19. The largest absolute Gasteiger partial charge is 0.481 e. The van der Waals surface area contributed by atoms with Gasteiger partial charge < -0.3 is 10.0 Å². The minimum atomic E-state index is -0.899. The van der Waals surface area contributed by atoms with E-state index in [-0.39, 0.29) is 34.8 Å². The molecular formula is C17H16BrN3O6. The lowest BCUT2D eigenvalue weighted by atomic mass is 10.1. The Hall–Kier alpha value is -3.01. The van der Waals surface area contributed by atoms with Gasteiger partial charge in [-0.05, 0) is 29.2 Å². The van der Waals surface area contributed by atoms with E-state index >= 15 is 0 Å². The summed E-state index contributed by atoms with van der Waals surface area (Å²) in [5, 5.41) is 30.9. The zero-order valence-corrected chi connectivity index (χ0v) is 15.7. The van der Waals surface area contributed by atoms with E-state index in [9.17, 15) is 25.0 Å². The molecule has 2 aromatic carbocycles. The molecule has 0 fully saturated rings. The number of aliphatic carboxylic acids is 1. The van der Waals surface area contributed by atoms with Gasteiger partial charge in [0.2, 0.25) is 0 Å². The molecule has 0 radical (unpaired) electrons. The molecule has 27 heavy (non-hydrogen) atoms. The van der Waals surface area contributed by atoms with Gasteiger partial charge in [-0.2, -0.15) is 0 Å². The number of rotatable bonds is 6. The van der Waals surface area contributed by atoms with Crippen LogP contribution in [-0.4, -0.2) is 27.5 Å². The summed E-state index contributed by atoms with van der Waals surface area (Å²) in [4.78, 5) is 33.5. The summed E-state index contributed by atoms with van der Waals surface area (Å²) < 4.78 is 0. The van der Waals surface area contributed by atoms with Crippen molar-refractivity contribution in [3.63, 3.8) is 0 Å². The lowest BCUT2D eigenvalue weighted by molar-refractivity contribution is -0.394. The maximum atomic E-state index is 11.0. The number of non-ortho nitro benzene ring substituents is 2. The minimum Gasteiger partial charge on any atom is -0.481 e. The highest BCUT2D eigenvalue weighted by Crippen LogP contribution is 2.32. The molecule has 2 aromatic rings. The number of nitro benzene ring substituents is 2.